The van der Waals surface area contributed by atoms with E-state index in [4.69, 9.17) is 4.74 Å². The molecule has 1 aliphatic carbocycles. The molecule has 32 heavy (non-hydrogen) atoms. The van der Waals surface area contributed by atoms with Crippen molar-refractivity contribution < 1.29 is 23.5 Å². The summed E-state index contributed by atoms with van der Waals surface area (Å²) in [5, 5.41) is 7.29. The highest BCUT2D eigenvalue weighted by atomic mass is 19.1. The molecule has 2 aliphatic rings. The van der Waals surface area contributed by atoms with E-state index in [9.17, 15) is 18.8 Å². The predicted molar refractivity (Wildman–Crippen MR) is 115 cm³/mol. The summed E-state index contributed by atoms with van der Waals surface area (Å²) in [7, 11) is 0. The predicted octanol–water partition coefficient (Wildman–Crippen LogP) is 2.99. The maximum Gasteiger partial charge on any atom is 0.358 e. The fourth-order valence-electron chi connectivity index (χ4n) is 4.42. The van der Waals surface area contributed by atoms with Gasteiger partial charge in [-0.2, -0.15) is 5.10 Å². The first-order valence-electron chi connectivity index (χ1n) is 10.9. The number of ether oxygens (including phenoxy) is 1. The van der Waals surface area contributed by atoms with Gasteiger partial charge in [-0.15, -0.1) is 0 Å². The zero-order valence-electron chi connectivity index (χ0n) is 18.5. The Morgan fingerprint density at radius 1 is 1.28 bits per heavy atom. The molecule has 1 aliphatic heterocycles. The van der Waals surface area contributed by atoms with Gasteiger partial charge >= 0.3 is 5.97 Å². The molecule has 2 aromatic rings. The molecule has 1 N–H and O–H groups in total. The average molecular weight is 442 g/mol. The van der Waals surface area contributed by atoms with Gasteiger partial charge in [0.15, 0.2) is 5.69 Å². The largest absolute Gasteiger partial charge is 0.461 e. The number of amides is 2. The van der Waals surface area contributed by atoms with Crippen LogP contribution in [0.2, 0.25) is 0 Å². The van der Waals surface area contributed by atoms with Crippen LogP contribution in [-0.4, -0.2) is 45.8 Å². The number of aromatic nitrogens is 2. The van der Waals surface area contributed by atoms with E-state index in [1.807, 2.05) is 0 Å². The minimum atomic E-state index is -1.37. The summed E-state index contributed by atoms with van der Waals surface area (Å²) in [6.45, 7) is 5.13. The molecular formula is C23H27FN4O4. The summed E-state index contributed by atoms with van der Waals surface area (Å²) in [5.41, 5.74) is -0.532. The van der Waals surface area contributed by atoms with Crippen LogP contribution >= 0.6 is 0 Å². The molecule has 0 spiro atoms. The lowest BCUT2D eigenvalue weighted by molar-refractivity contribution is -0.127. The van der Waals surface area contributed by atoms with E-state index >= 15 is 0 Å². The van der Waals surface area contributed by atoms with Crippen LogP contribution in [0.5, 0.6) is 0 Å². The highest BCUT2D eigenvalue weighted by Gasteiger charge is 2.49. The second kappa shape index (κ2) is 8.37. The van der Waals surface area contributed by atoms with Crippen LogP contribution in [0.25, 0.3) is 0 Å². The molecule has 9 heteroatoms. The number of aryl methyl sites for hydroxylation is 1. The fraction of sp³-hybridized carbons (Fsp3) is 0.478. The molecule has 1 aromatic heterocycles. The molecular weight excluding hydrogens is 415 g/mol. The van der Waals surface area contributed by atoms with Crippen LogP contribution in [0.15, 0.2) is 24.3 Å². The van der Waals surface area contributed by atoms with Crippen LogP contribution in [0.3, 0.4) is 0 Å². The van der Waals surface area contributed by atoms with Gasteiger partial charge in [-0.3, -0.25) is 19.2 Å². The lowest BCUT2D eigenvalue weighted by Crippen LogP contribution is -2.65. The van der Waals surface area contributed by atoms with Gasteiger partial charge in [0.05, 0.1) is 13.2 Å². The second-order valence-corrected chi connectivity index (χ2v) is 8.60. The molecule has 0 unspecified atom stereocenters. The van der Waals surface area contributed by atoms with E-state index in [0.29, 0.717) is 5.56 Å². The summed E-state index contributed by atoms with van der Waals surface area (Å²) >= 11 is 0. The Morgan fingerprint density at radius 3 is 2.66 bits per heavy atom. The zero-order valence-corrected chi connectivity index (χ0v) is 18.5. The van der Waals surface area contributed by atoms with Crippen molar-refractivity contribution in [3.63, 3.8) is 0 Å². The van der Waals surface area contributed by atoms with Gasteiger partial charge in [0.2, 0.25) is 5.91 Å². The Hall–Kier alpha value is -3.23. The van der Waals surface area contributed by atoms with Gasteiger partial charge in [-0.05, 0) is 51.3 Å². The van der Waals surface area contributed by atoms with E-state index in [-0.39, 0.29) is 42.2 Å². The first kappa shape index (κ1) is 22.0. The number of carbonyl (C=O) groups excluding carboxylic acids is 3. The van der Waals surface area contributed by atoms with Gasteiger partial charge in [0.25, 0.3) is 5.91 Å². The van der Waals surface area contributed by atoms with Gasteiger partial charge in [-0.25, -0.2) is 9.18 Å². The third kappa shape index (κ3) is 3.76. The number of esters is 1. The summed E-state index contributed by atoms with van der Waals surface area (Å²) < 4.78 is 20.8. The number of hydrogen-bond donors (Lipinski definition) is 1. The van der Waals surface area contributed by atoms with Crippen LogP contribution in [0, 0.1) is 12.7 Å². The van der Waals surface area contributed by atoms with Gasteiger partial charge in [0, 0.05) is 17.8 Å². The lowest BCUT2D eigenvalue weighted by atomic mass is 9.93. The normalized spacial score (nSPS) is 20.9. The van der Waals surface area contributed by atoms with Crippen molar-refractivity contribution in [1.82, 2.24) is 15.1 Å². The van der Waals surface area contributed by atoms with Gasteiger partial charge in [0.1, 0.15) is 17.1 Å². The van der Waals surface area contributed by atoms with E-state index in [1.54, 1.807) is 32.9 Å². The molecule has 0 radical (unpaired) electrons. The third-order valence-electron chi connectivity index (χ3n) is 6.23. The molecule has 2 heterocycles. The summed E-state index contributed by atoms with van der Waals surface area (Å²) in [6, 6.07) is 5.85. The van der Waals surface area contributed by atoms with Crippen molar-refractivity contribution in [2.75, 3.05) is 11.5 Å². The van der Waals surface area contributed by atoms with Crippen molar-refractivity contribution in [2.45, 2.75) is 64.6 Å². The average Bonchev–Trinajstić information content (AvgIpc) is 3.40. The molecule has 1 saturated carbocycles. The van der Waals surface area contributed by atoms with Crippen molar-refractivity contribution >= 4 is 23.5 Å². The number of hydrogen-bond acceptors (Lipinski definition) is 5. The second-order valence-electron chi connectivity index (χ2n) is 8.60. The Kier molecular flexibility index (Phi) is 5.75. The molecule has 8 nitrogen and oxygen atoms in total. The Balaban J connectivity index is 1.78. The summed E-state index contributed by atoms with van der Waals surface area (Å²) in [5.74, 6) is -1.99. The SMILES string of the molecule is CCOC(=O)c1cc2n(n1)C[C@@](C)(C(=O)NC1CCCC1)N(c1ccc(C)c(F)c1)C2=O. The third-order valence-corrected chi connectivity index (χ3v) is 6.23. The monoisotopic (exact) mass is 442 g/mol. The highest BCUT2D eigenvalue weighted by Crippen LogP contribution is 2.34. The minimum absolute atomic E-state index is 0.00862. The number of anilines is 1. The maximum atomic E-state index is 14.4. The zero-order chi connectivity index (χ0) is 23.0. The lowest BCUT2D eigenvalue weighted by Gasteiger charge is -2.43. The number of halogens is 1. The number of nitrogens with one attached hydrogen (secondary N) is 1. The van der Waals surface area contributed by atoms with Crippen LogP contribution < -0.4 is 10.2 Å². The molecule has 0 bridgehead atoms. The summed E-state index contributed by atoms with van der Waals surface area (Å²) in [4.78, 5) is 40.5. The standard InChI is InChI=1S/C23H27FN4O4/c1-4-32-21(30)18-12-19-20(29)28(16-10-9-14(2)17(24)11-16)23(3,13-27(19)26-18)22(31)25-15-7-5-6-8-15/h9-12,15H,4-8,13H2,1-3H3,(H,25,31)/t23-/m0/s1. The molecule has 1 atom stereocenters. The molecule has 1 aromatic carbocycles. The van der Waals surface area contributed by atoms with E-state index in [1.165, 1.54) is 21.7 Å². The summed E-state index contributed by atoms with van der Waals surface area (Å²) in [6.07, 6.45) is 3.85. The van der Waals surface area contributed by atoms with Crippen molar-refractivity contribution in [2.24, 2.45) is 0 Å². The number of fused-ring (bicyclic) bond motifs is 1. The first-order valence-corrected chi connectivity index (χ1v) is 10.9. The smallest absolute Gasteiger partial charge is 0.358 e. The number of benzene rings is 1. The molecule has 2 amide bonds. The Bertz CT molecular complexity index is 1080. The minimum Gasteiger partial charge on any atom is -0.461 e. The van der Waals surface area contributed by atoms with E-state index in [2.05, 4.69) is 10.4 Å². The Morgan fingerprint density at radius 2 is 2.00 bits per heavy atom. The van der Waals surface area contributed by atoms with Crippen molar-refractivity contribution in [3.05, 3.63) is 47.0 Å². The Labute approximate surface area is 185 Å². The van der Waals surface area contributed by atoms with Crippen molar-refractivity contribution in [3.8, 4) is 0 Å². The molecule has 170 valence electrons. The van der Waals surface area contributed by atoms with Crippen LogP contribution in [0.4, 0.5) is 10.1 Å². The van der Waals surface area contributed by atoms with Crippen LogP contribution in [-0.2, 0) is 16.1 Å². The first-order chi connectivity index (χ1) is 15.2. The van der Waals surface area contributed by atoms with Crippen LogP contribution in [0.1, 0.15) is 66.1 Å². The van der Waals surface area contributed by atoms with E-state index < -0.39 is 23.2 Å². The maximum absolute atomic E-state index is 14.4. The van der Waals surface area contributed by atoms with E-state index in [0.717, 1.165) is 25.7 Å². The van der Waals surface area contributed by atoms with Crippen molar-refractivity contribution in [1.29, 1.82) is 0 Å². The topological polar surface area (TPSA) is 93.5 Å². The molecule has 1 fully saturated rings. The fourth-order valence-corrected chi connectivity index (χ4v) is 4.42. The number of carbonyl (C=O) groups is 3. The molecule has 0 saturated heterocycles. The van der Waals surface area contributed by atoms with Gasteiger partial charge < -0.3 is 10.1 Å². The van der Waals surface area contributed by atoms with Gasteiger partial charge in [-0.1, -0.05) is 18.9 Å². The number of nitrogens with zero attached hydrogens (tertiary/aromatic N) is 3. The number of rotatable bonds is 5. The molecule has 4 rings (SSSR count). The quantitative estimate of drug-likeness (QED) is 0.719. The highest BCUT2D eigenvalue weighted by molar-refractivity contribution is 6.12.